The van der Waals surface area contributed by atoms with Crippen LogP contribution in [0.2, 0.25) is 5.02 Å². The molecule has 4 aromatic heterocycles. The van der Waals surface area contributed by atoms with E-state index < -0.39 is 40.3 Å². The zero-order valence-electron chi connectivity index (χ0n) is 19.1. The molecule has 0 amide bonds. The summed E-state index contributed by atoms with van der Waals surface area (Å²) >= 11 is 6.25. The number of hydrogen-bond donors (Lipinski definition) is 1. The highest BCUT2D eigenvalue weighted by Crippen LogP contribution is 2.45. The minimum Gasteiger partial charge on any atom is -0.345 e. The van der Waals surface area contributed by atoms with Crippen molar-refractivity contribution in [3.63, 3.8) is 0 Å². The summed E-state index contributed by atoms with van der Waals surface area (Å²) < 4.78 is 57.6. The lowest BCUT2D eigenvalue weighted by Crippen LogP contribution is -2.33. The zero-order valence-corrected chi connectivity index (χ0v) is 20.7. The number of benzene rings is 1. The van der Waals surface area contributed by atoms with E-state index in [0.29, 0.717) is 5.69 Å². The molecule has 5 aromatic rings. The third kappa shape index (κ3) is 3.76. The Morgan fingerprint density at radius 3 is 2.65 bits per heavy atom. The van der Waals surface area contributed by atoms with Crippen LogP contribution in [0.4, 0.5) is 14.6 Å². The molecule has 6 rings (SSSR count). The lowest BCUT2D eigenvalue weighted by atomic mass is 10.1. The van der Waals surface area contributed by atoms with E-state index in [1.807, 2.05) is 0 Å². The number of halogens is 3. The summed E-state index contributed by atoms with van der Waals surface area (Å²) in [5.74, 6) is -3.17. The molecule has 1 aliphatic heterocycles. The molecule has 1 aliphatic rings. The van der Waals surface area contributed by atoms with Crippen LogP contribution in [0.5, 0.6) is 0 Å². The highest BCUT2D eigenvalue weighted by atomic mass is 35.5. The first-order valence-corrected chi connectivity index (χ1v) is 13.3. The summed E-state index contributed by atoms with van der Waals surface area (Å²) in [6.07, 6.45) is 4.23. The number of H-pyrrole nitrogens is 1. The second kappa shape index (κ2) is 8.08. The number of nitrogens with one attached hydrogen (secondary N) is 1. The number of para-hydroxylation sites is 1. The number of sulfone groups is 1. The molecule has 0 aliphatic carbocycles. The van der Waals surface area contributed by atoms with Crippen molar-refractivity contribution in [1.29, 1.82) is 0 Å². The Hall–Kier alpha value is -3.84. The second-order valence-corrected chi connectivity index (χ2v) is 11.2. The highest BCUT2D eigenvalue weighted by molar-refractivity contribution is 7.91. The van der Waals surface area contributed by atoms with E-state index in [1.165, 1.54) is 38.8 Å². The molecule has 14 heteroatoms. The van der Waals surface area contributed by atoms with Gasteiger partial charge in [-0.2, -0.15) is 5.10 Å². The fourth-order valence-corrected chi connectivity index (χ4v) is 5.84. The SMILES string of the molecule is CS(=O)(=O)c1c[nH]c2ncnc(N3CC(F)(F)C[C@H]3c3nn4ccc(Cl)c4c(=O)n3-c3ccccc3)c12. The van der Waals surface area contributed by atoms with Gasteiger partial charge < -0.3 is 9.88 Å². The van der Waals surface area contributed by atoms with Gasteiger partial charge in [-0.3, -0.25) is 9.36 Å². The van der Waals surface area contributed by atoms with E-state index in [1.54, 1.807) is 30.3 Å². The monoisotopic (exact) mass is 545 g/mol. The Labute approximate surface area is 213 Å². The van der Waals surface area contributed by atoms with Crippen LogP contribution >= 0.6 is 11.6 Å². The second-order valence-electron chi connectivity index (χ2n) is 8.84. The quantitative estimate of drug-likeness (QED) is 0.368. The molecule has 0 spiro atoms. The fraction of sp³-hybridized carbons (Fsp3) is 0.217. The molecule has 5 heterocycles. The van der Waals surface area contributed by atoms with Gasteiger partial charge >= 0.3 is 0 Å². The number of aromatic amines is 1. The number of rotatable bonds is 4. The van der Waals surface area contributed by atoms with Crippen molar-refractivity contribution in [3.8, 4) is 5.69 Å². The third-order valence-corrected chi connectivity index (χ3v) is 7.76. The van der Waals surface area contributed by atoms with Gasteiger partial charge in [-0.25, -0.2) is 31.7 Å². The highest BCUT2D eigenvalue weighted by Gasteiger charge is 2.49. The van der Waals surface area contributed by atoms with Crippen molar-refractivity contribution in [2.75, 3.05) is 17.7 Å². The Kier molecular flexibility index (Phi) is 5.14. The third-order valence-electron chi connectivity index (χ3n) is 6.33. The van der Waals surface area contributed by atoms with Gasteiger partial charge in [0.15, 0.2) is 15.7 Å². The van der Waals surface area contributed by atoms with Crippen LogP contribution in [0.15, 0.2) is 64.8 Å². The van der Waals surface area contributed by atoms with E-state index in [2.05, 4.69) is 20.1 Å². The molecular weight excluding hydrogens is 528 g/mol. The zero-order chi connectivity index (χ0) is 26.1. The molecule has 190 valence electrons. The van der Waals surface area contributed by atoms with Crippen molar-refractivity contribution in [1.82, 2.24) is 29.1 Å². The summed E-state index contributed by atoms with van der Waals surface area (Å²) in [5.41, 5.74) is 0.157. The average molecular weight is 546 g/mol. The predicted octanol–water partition coefficient (Wildman–Crippen LogP) is 3.40. The topological polar surface area (TPSA) is 118 Å². The minimum absolute atomic E-state index is 0.00616. The first kappa shape index (κ1) is 23.6. The average Bonchev–Trinajstić information content (AvgIpc) is 3.54. The lowest BCUT2D eigenvalue weighted by molar-refractivity contribution is 0.0218. The largest absolute Gasteiger partial charge is 0.345 e. The Bertz CT molecular complexity index is 1850. The summed E-state index contributed by atoms with van der Waals surface area (Å²) in [4.78, 5) is 25.9. The van der Waals surface area contributed by atoms with Crippen LogP contribution in [0, 0.1) is 0 Å². The van der Waals surface area contributed by atoms with Crippen molar-refractivity contribution < 1.29 is 17.2 Å². The van der Waals surface area contributed by atoms with Gasteiger partial charge in [-0.1, -0.05) is 29.8 Å². The van der Waals surface area contributed by atoms with Crippen molar-refractivity contribution in [2.24, 2.45) is 0 Å². The first-order chi connectivity index (χ1) is 17.5. The first-order valence-electron chi connectivity index (χ1n) is 11.1. The molecule has 1 aromatic carbocycles. The standard InChI is InChI=1S/C23H18ClF2N7O3S/c1-37(35,36)16-10-27-19-17(16)21(29-12-28-19)31-11-23(25,26)9-15(31)20-30-32-8-7-14(24)18(32)22(34)33(20)13-5-3-2-4-6-13/h2-8,10,12,15H,9,11H2,1H3,(H,27,28,29)/t15-/m0/s1. The van der Waals surface area contributed by atoms with Gasteiger partial charge in [0.1, 0.15) is 23.3 Å². The van der Waals surface area contributed by atoms with Crippen molar-refractivity contribution in [3.05, 3.63) is 76.3 Å². The number of fused-ring (bicyclic) bond motifs is 2. The summed E-state index contributed by atoms with van der Waals surface area (Å²) in [5, 5.41) is 4.81. The number of aromatic nitrogens is 6. The molecule has 1 atom stereocenters. The molecule has 37 heavy (non-hydrogen) atoms. The van der Waals surface area contributed by atoms with E-state index in [0.717, 1.165) is 6.26 Å². The molecule has 0 saturated carbocycles. The predicted molar refractivity (Wildman–Crippen MR) is 132 cm³/mol. The van der Waals surface area contributed by atoms with Gasteiger partial charge in [0, 0.05) is 25.1 Å². The minimum atomic E-state index is -3.75. The van der Waals surface area contributed by atoms with E-state index in [-0.39, 0.29) is 38.1 Å². The summed E-state index contributed by atoms with van der Waals surface area (Å²) in [6.45, 7) is -0.771. The molecule has 10 nitrogen and oxygen atoms in total. The Morgan fingerprint density at radius 2 is 1.92 bits per heavy atom. The maximum atomic E-state index is 15.1. The van der Waals surface area contributed by atoms with E-state index >= 15 is 8.78 Å². The fourth-order valence-electron chi connectivity index (χ4n) is 4.79. The summed E-state index contributed by atoms with van der Waals surface area (Å²) in [6, 6.07) is 8.86. The lowest BCUT2D eigenvalue weighted by Gasteiger charge is -2.27. The van der Waals surface area contributed by atoms with E-state index in [9.17, 15) is 13.2 Å². The van der Waals surface area contributed by atoms with Crippen molar-refractivity contribution in [2.45, 2.75) is 23.3 Å². The van der Waals surface area contributed by atoms with E-state index in [4.69, 9.17) is 11.6 Å². The van der Waals surface area contributed by atoms with Crippen LogP contribution in [0.3, 0.4) is 0 Å². The van der Waals surface area contributed by atoms with Gasteiger partial charge in [0.25, 0.3) is 11.5 Å². The molecule has 0 bridgehead atoms. The Morgan fingerprint density at radius 1 is 1.16 bits per heavy atom. The van der Waals surface area contributed by atoms with Crippen LogP contribution in [0.25, 0.3) is 22.2 Å². The number of anilines is 1. The maximum absolute atomic E-state index is 15.1. The smallest absolute Gasteiger partial charge is 0.284 e. The number of hydrogen-bond acceptors (Lipinski definition) is 7. The molecule has 1 fully saturated rings. The van der Waals surface area contributed by atoms with Crippen LogP contribution in [0.1, 0.15) is 18.3 Å². The maximum Gasteiger partial charge on any atom is 0.284 e. The number of nitrogens with zero attached hydrogens (tertiary/aromatic N) is 6. The molecular formula is C23H18ClF2N7O3S. The van der Waals surface area contributed by atoms with Gasteiger partial charge in [-0.15, -0.1) is 0 Å². The van der Waals surface area contributed by atoms with Gasteiger partial charge in [0.05, 0.1) is 33.6 Å². The molecule has 1 saturated heterocycles. The normalized spacial score (nSPS) is 17.7. The van der Waals surface area contributed by atoms with Crippen LogP contribution in [-0.2, 0) is 9.84 Å². The Balaban J connectivity index is 1.65. The van der Waals surface area contributed by atoms with Crippen LogP contribution in [-0.4, -0.2) is 56.3 Å². The molecule has 0 radical (unpaired) electrons. The number of alkyl halides is 2. The van der Waals surface area contributed by atoms with Gasteiger partial charge in [0.2, 0.25) is 0 Å². The molecule has 1 N–H and O–H groups in total. The summed E-state index contributed by atoms with van der Waals surface area (Å²) in [7, 11) is -3.75. The molecule has 0 unspecified atom stereocenters. The van der Waals surface area contributed by atoms with Crippen LogP contribution < -0.4 is 10.5 Å². The van der Waals surface area contributed by atoms with Crippen molar-refractivity contribution >= 4 is 43.8 Å². The van der Waals surface area contributed by atoms with Gasteiger partial charge in [-0.05, 0) is 18.2 Å².